The lowest BCUT2D eigenvalue weighted by Crippen LogP contribution is -2.28. The maximum Gasteiger partial charge on any atom is 0.306 e. The Bertz CT molecular complexity index is 1140. The van der Waals surface area contributed by atoms with Crippen LogP contribution < -0.4 is 0 Å². The largest absolute Gasteiger partial charge is 0.462 e. The van der Waals surface area contributed by atoms with Crippen LogP contribution in [-0.2, 0) is 19.1 Å². The quantitative estimate of drug-likeness (QED) is 0.0373. The van der Waals surface area contributed by atoms with E-state index in [-0.39, 0.29) is 25.2 Å². The van der Waals surface area contributed by atoms with Crippen molar-refractivity contribution >= 4 is 11.9 Å². The van der Waals surface area contributed by atoms with Gasteiger partial charge in [0.25, 0.3) is 0 Å². The third-order valence-corrected chi connectivity index (χ3v) is 13.9. The highest BCUT2D eigenvalue weighted by Gasteiger charge is 2.16. The van der Waals surface area contributed by atoms with Crippen molar-refractivity contribution in [1.29, 1.82) is 0 Å². The molecule has 0 spiro atoms. The molecule has 0 rings (SSSR count). The SMILES string of the molecule is CC/C=C\C/C=C\C/C=C\C/C=C\CCCCCCCCCCCCCCC(=O)OC(CO)COC(=O)CCCCCCCCCCCCCCCCCCCCCCCCCCCCCCCC. The zero-order valence-corrected chi connectivity index (χ0v) is 46.3. The van der Waals surface area contributed by atoms with E-state index < -0.39 is 6.10 Å². The molecule has 1 atom stereocenters. The van der Waals surface area contributed by atoms with E-state index in [4.69, 9.17) is 9.47 Å². The molecule has 0 fully saturated rings. The fourth-order valence-electron chi connectivity index (χ4n) is 9.32. The topological polar surface area (TPSA) is 72.8 Å². The van der Waals surface area contributed by atoms with Crippen LogP contribution in [0, 0.1) is 0 Å². The van der Waals surface area contributed by atoms with Crippen LogP contribution in [0.5, 0.6) is 0 Å². The van der Waals surface area contributed by atoms with E-state index in [1.54, 1.807) is 0 Å². The van der Waals surface area contributed by atoms with Crippen LogP contribution in [0.4, 0.5) is 0 Å². The molecule has 0 bridgehead atoms. The molecule has 0 saturated heterocycles. The fourth-order valence-corrected chi connectivity index (χ4v) is 9.32. The van der Waals surface area contributed by atoms with E-state index >= 15 is 0 Å². The van der Waals surface area contributed by atoms with Gasteiger partial charge in [0.15, 0.2) is 6.10 Å². The molecule has 0 amide bonds. The number of ether oxygens (including phenoxy) is 2. The van der Waals surface area contributed by atoms with E-state index in [2.05, 4.69) is 62.5 Å². The average molecular weight is 968 g/mol. The van der Waals surface area contributed by atoms with Gasteiger partial charge in [-0.05, 0) is 51.4 Å². The summed E-state index contributed by atoms with van der Waals surface area (Å²) in [6, 6.07) is 0. The molecule has 1 N–H and O–H groups in total. The summed E-state index contributed by atoms with van der Waals surface area (Å²) in [6.07, 6.45) is 79.7. The van der Waals surface area contributed by atoms with Crippen molar-refractivity contribution < 1.29 is 24.2 Å². The van der Waals surface area contributed by atoms with Crippen LogP contribution in [0.3, 0.4) is 0 Å². The highest BCUT2D eigenvalue weighted by atomic mass is 16.6. The van der Waals surface area contributed by atoms with Gasteiger partial charge in [-0.15, -0.1) is 0 Å². The van der Waals surface area contributed by atoms with Crippen LogP contribution in [-0.4, -0.2) is 36.4 Å². The fraction of sp³-hybridized carbons (Fsp3) is 0.844. The molecule has 0 saturated carbocycles. The van der Waals surface area contributed by atoms with Gasteiger partial charge in [-0.1, -0.05) is 313 Å². The van der Waals surface area contributed by atoms with E-state index in [1.165, 1.54) is 244 Å². The second-order valence-corrected chi connectivity index (χ2v) is 20.8. The Morgan fingerprint density at radius 3 is 0.942 bits per heavy atom. The van der Waals surface area contributed by atoms with Crippen LogP contribution in [0.15, 0.2) is 48.6 Å². The van der Waals surface area contributed by atoms with Gasteiger partial charge in [0.05, 0.1) is 6.61 Å². The number of carbonyl (C=O) groups excluding carboxylic acids is 2. The number of allylic oxidation sites excluding steroid dienone is 8. The second kappa shape index (κ2) is 60.2. The third kappa shape index (κ3) is 58.3. The molecule has 1 unspecified atom stereocenters. The van der Waals surface area contributed by atoms with Gasteiger partial charge in [-0.2, -0.15) is 0 Å². The van der Waals surface area contributed by atoms with Crippen molar-refractivity contribution in [1.82, 2.24) is 0 Å². The van der Waals surface area contributed by atoms with Gasteiger partial charge in [-0.25, -0.2) is 0 Å². The second-order valence-electron chi connectivity index (χ2n) is 20.8. The summed E-state index contributed by atoms with van der Waals surface area (Å²) < 4.78 is 10.7. The Labute approximate surface area is 430 Å². The predicted molar refractivity (Wildman–Crippen MR) is 302 cm³/mol. The van der Waals surface area contributed by atoms with Crippen LogP contribution >= 0.6 is 0 Å². The van der Waals surface area contributed by atoms with E-state index in [0.717, 1.165) is 57.8 Å². The van der Waals surface area contributed by atoms with Crippen molar-refractivity contribution in [3.63, 3.8) is 0 Å². The van der Waals surface area contributed by atoms with Gasteiger partial charge in [-0.3, -0.25) is 9.59 Å². The molecule has 0 aliphatic heterocycles. The average Bonchev–Trinajstić information content (AvgIpc) is 3.35. The minimum atomic E-state index is -0.773. The summed E-state index contributed by atoms with van der Waals surface area (Å²) in [5, 5.41) is 9.67. The first-order chi connectivity index (χ1) is 34.1. The van der Waals surface area contributed by atoms with Gasteiger partial charge >= 0.3 is 11.9 Å². The molecule has 0 aliphatic rings. The number of rotatable bonds is 57. The molecule has 0 heterocycles. The smallest absolute Gasteiger partial charge is 0.306 e. The molecule has 0 aliphatic carbocycles. The molecule has 0 aromatic carbocycles. The molecule has 0 aromatic rings. The first-order valence-corrected chi connectivity index (χ1v) is 30.7. The van der Waals surface area contributed by atoms with Gasteiger partial charge in [0.1, 0.15) is 6.61 Å². The zero-order chi connectivity index (χ0) is 49.9. The number of aliphatic hydroxyl groups excluding tert-OH is 1. The summed E-state index contributed by atoms with van der Waals surface area (Å²) in [7, 11) is 0. The predicted octanol–water partition coefficient (Wildman–Crippen LogP) is 20.8. The summed E-state index contributed by atoms with van der Waals surface area (Å²) in [5.74, 6) is -0.576. The van der Waals surface area contributed by atoms with Crippen molar-refractivity contribution in [2.45, 2.75) is 335 Å². The number of hydrogen-bond donors (Lipinski definition) is 1. The third-order valence-electron chi connectivity index (χ3n) is 13.9. The zero-order valence-electron chi connectivity index (χ0n) is 46.3. The molecule has 404 valence electrons. The summed E-state index contributed by atoms with van der Waals surface area (Å²) in [4.78, 5) is 24.6. The maximum absolute atomic E-state index is 12.3. The summed E-state index contributed by atoms with van der Waals surface area (Å²) >= 11 is 0. The number of aliphatic hydroxyl groups is 1. The van der Waals surface area contributed by atoms with Gasteiger partial charge in [0, 0.05) is 12.8 Å². The van der Waals surface area contributed by atoms with Gasteiger partial charge in [0.2, 0.25) is 0 Å². The molecule has 5 nitrogen and oxygen atoms in total. The van der Waals surface area contributed by atoms with Crippen molar-refractivity contribution in [2.24, 2.45) is 0 Å². The summed E-state index contributed by atoms with van der Waals surface area (Å²) in [5.41, 5.74) is 0. The van der Waals surface area contributed by atoms with E-state index in [1.807, 2.05) is 0 Å². The number of unbranched alkanes of at least 4 members (excludes halogenated alkanes) is 41. The highest BCUT2D eigenvalue weighted by molar-refractivity contribution is 5.70. The normalized spacial score (nSPS) is 12.4. The molecule has 5 heteroatoms. The minimum Gasteiger partial charge on any atom is -0.462 e. The Morgan fingerprint density at radius 2 is 0.623 bits per heavy atom. The van der Waals surface area contributed by atoms with Gasteiger partial charge < -0.3 is 14.6 Å². The monoisotopic (exact) mass is 967 g/mol. The van der Waals surface area contributed by atoms with Crippen molar-refractivity contribution in [2.75, 3.05) is 13.2 Å². The highest BCUT2D eigenvalue weighted by Crippen LogP contribution is 2.18. The summed E-state index contributed by atoms with van der Waals surface area (Å²) in [6.45, 7) is 4.08. The van der Waals surface area contributed by atoms with Crippen molar-refractivity contribution in [3.8, 4) is 0 Å². The molecule has 0 aromatic heterocycles. The molecule has 0 radical (unpaired) electrons. The Balaban J connectivity index is 3.42. The minimum absolute atomic E-state index is 0.0628. The Morgan fingerprint density at radius 1 is 0.348 bits per heavy atom. The van der Waals surface area contributed by atoms with Crippen LogP contribution in [0.25, 0.3) is 0 Å². The molecule has 69 heavy (non-hydrogen) atoms. The maximum atomic E-state index is 12.3. The lowest BCUT2D eigenvalue weighted by Gasteiger charge is -2.15. The lowest BCUT2D eigenvalue weighted by atomic mass is 10.0. The van der Waals surface area contributed by atoms with Crippen LogP contribution in [0.2, 0.25) is 0 Å². The van der Waals surface area contributed by atoms with Crippen molar-refractivity contribution in [3.05, 3.63) is 48.6 Å². The number of carbonyl (C=O) groups is 2. The Hall–Kier alpha value is -2.14. The lowest BCUT2D eigenvalue weighted by molar-refractivity contribution is -0.161. The Kier molecular flexibility index (Phi) is 58.3. The van der Waals surface area contributed by atoms with E-state index in [9.17, 15) is 14.7 Å². The number of esters is 2. The molecular weight excluding hydrogens is 849 g/mol. The first kappa shape index (κ1) is 66.9. The number of hydrogen-bond acceptors (Lipinski definition) is 5. The van der Waals surface area contributed by atoms with Crippen LogP contribution in [0.1, 0.15) is 328 Å². The first-order valence-electron chi connectivity index (χ1n) is 30.7. The molecular formula is C64H118O5. The van der Waals surface area contributed by atoms with E-state index in [0.29, 0.717) is 12.8 Å². The standard InChI is InChI=1S/C64H118O5/c1-3-5-7-9-11-13-15-17-19-21-23-25-27-29-30-31-32-33-35-36-38-40-42-44-46-48-50-52-54-56-58-63(66)68-61-62(60-65)69-64(67)59-57-55-53-51-49-47-45-43-41-39-37-34-28-26-24-22-20-18-16-14-12-10-8-6-4-2/h6,8,12,14,18,20,24,26,62,65H,3-5,7,9-11,13,15-17,19,21-23,25,27-61H2,1-2H3/b8-6-,14-12-,20-18-,26-24-.